The molecule has 0 bridgehead atoms. The van der Waals surface area contributed by atoms with Gasteiger partial charge in [0.25, 0.3) is 11.5 Å². The molecule has 3 rings (SSSR count). The summed E-state index contributed by atoms with van der Waals surface area (Å²) in [6, 6.07) is 11.6. The molecule has 0 aliphatic heterocycles. The smallest absolute Gasteiger partial charge is 0.325 e. The molecule has 0 saturated heterocycles. The van der Waals surface area contributed by atoms with Crippen LogP contribution in [0.1, 0.15) is 21.7 Å². The number of nitrogens with zero attached hydrogens (tertiary/aromatic N) is 2. The van der Waals surface area contributed by atoms with E-state index in [9.17, 15) is 18.8 Å². The molecule has 0 aliphatic carbocycles. The van der Waals surface area contributed by atoms with E-state index in [1.54, 1.807) is 25.1 Å². The van der Waals surface area contributed by atoms with Gasteiger partial charge in [0.2, 0.25) is 0 Å². The molecule has 1 aromatic carbocycles. The lowest BCUT2D eigenvalue weighted by Gasteiger charge is -2.08. The average Bonchev–Trinajstić information content (AvgIpc) is 2.64. The number of esters is 1. The summed E-state index contributed by atoms with van der Waals surface area (Å²) in [7, 11) is 0. The highest BCUT2D eigenvalue weighted by Gasteiger charge is 2.11. The SMILES string of the molecule is Cc1cccc2nc(COC(=O)CNC(=O)c3cccc(F)c3)cc(=O)n12. The van der Waals surface area contributed by atoms with Gasteiger partial charge in [-0.3, -0.25) is 18.8 Å². The molecular formula is C19H16FN3O4. The molecule has 2 aromatic heterocycles. The number of halogens is 1. The third-order valence-electron chi connectivity index (χ3n) is 3.79. The number of pyridine rings is 1. The lowest BCUT2D eigenvalue weighted by Crippen LogP contribution is -2.30. The average molecular weight is 369 g/mol. The molecule has 0 saturated carbocycles. The maximum absolute atomic E-state index is 13.1. The number of nitrogens with one attached hydrogen (secondary N) is 1. The first-order valence-electron chi connectivity index (χ1n) is 8.12. The molecule has 27 heavy (non-hydrogen) atoms. The topological polar surface area (TPSA) is 89.8 Å². The Hall–Kier alpha value is -3.55. The van der Waals surface area contributed by atoms with Gasteiger partial charge in [-0.1, -0.05) is 12.1 Å². The molecule has 1 amide bonds. The van der Waals surface area contributed by atoms with Crippen molar-refractivity contribution in [2.75, 3.05) is 6.54 Å². The molecule has 0 atom stereocenters. The fourth-order valence-corrected chi connectivity index (χ4v) is 2.53. The van der Waals surface area contributed by atoms with Crippen molar-refractivity contribution in [1.82, 2.24) is 14.7 Å². The lowest BCUT2D eigenvalue weighted by molar-refractivity contribution is -0.143. The summed E-state index contributed by atoms with van der Waals surface area (Å²) in [6.45, 7) is 1.20. The van der Waals surface area contributed by atoms with E-state index in [1.807, 2.05) is 0 Å². The van der Waals surface area contributed by atoms with Crippen LogP contribution in [0.15, 0.2) is 53.3 Å². The minimum atomic E-state index is -0.703. The Morgan fingerprint density at radius 1 is 1.19 bits per heavy atom. The Bertz CT molecular complexity index is 1080. The van der Waals surface area contributed by atoms with E-state index in [2.05, 4.69) is 10.3 Å². The Morgan fingerprint density at radius 3 is 2.74 bits per heavy atom. The number of carbonyl (C=O) groups is 2. The second kappa shape index (κ2) is 7.77. The lowest BCUT2D eigenvalue weighted by atomic mass is 10.2. The van der Waals surface area contributed by atoms with Crippen LogP contribution in [0.4, 0.5) is 4.39 Å². The first-order valence-corrected chi connectivity index (χ1v) is 8.12. The molecule has 2 heterocycles. The van der Waals surface area contributed by atoms with Crippen LogP contribution in [0.2, 0.25) is 0 Å². The van der Waals surface area contributed by atoms with Gasteiger partial charge < -0.3 is 10.1 Å². The van der Waals surface area contributed by atoms with Crippen LogP contribution in [0.5, 0.6) is 0 Å². The molecule has 8 heteroatoms. The maximum atomic E-state index is 13.1. The van der Waals surface area contributed by atoms with E-state index < -0.39 is 17.7 Å². The van der Waals surface area contributed by atoms with Crippen LogP contribution in [0, 0.1) is 12.7 Å². The number of aromatic nitrogens is 2. The Balaban J connectivity index is 1.59. The quantitative estimate of drug-likeness (QED) is 0.690. The second-order valence-electron chi connectivity index (χ2n) is 5.80. The summed E-state index contributed by atoms with van der Waals surface area (Å²) in [6.07, 6.45) is 0. The highest BCUT2D eigenvalue weighted by atomic mass is 19.1. The minimum Gasteiger partial charge on any atom is -0.458 e. The standard InChI is InChI=1S/C19H16FN3O4/c1-12-4-2-7-16-22-15(9-17(24)23(12)16)11-27-18(25)10-21-19(26)13-5-3-6-14(20)8-13/h2-9H,10-11H2,1H3,(H,21,26). The molecule has 0 spiro atoms. The van der Waals surface area contributed by atoms with Crippen LogP contribution in [-0.4, -0.2) is 27.8 Å². The zero-order valence-corrected chi connectivity index (χ0v) is 14.4. The summed E-state index contributed by atoms with van der Waals surface area (Å²) in [4.78, 5) is 40.1. The molecule has 3 aromatic rings. The van der Waals surface area contributed by atoms with Crippen molar-refractivity contribution in [2.45, 2.75) is 13.5 Å². The first kappa shape index (κ1) is 18.2. The van der Waals surface area contributed by atoms with E-state index in [0.29, 0.717) is 11.3 Å². The molecule has 0 unspecified atom stereocenters. The number of rotatable bonds is 5. The van der Waals surface area contributed by atoms with Gasteiger partial charge in [-0.15, -0.1) is 0 Å². The van der Waals surface area contributed by atoms with Gasteiger partial charge >= 0.3 is 5.97 Å². The van der Waals surface area contributed by atoms with Gasteiger partial charge in [0.05, 0.1) is 5.69 Å². The molecule has 0 aliphatic rings. The maximum Gasteiger partial charge on any atom is 0.325 e. The van der Waals surface area contributed by atoms with Crippen molar-refractivity contribution in [2.24, 2.45) is 0 Å². The van der Waals surface area contributed by atoms with Gasteiger partial charge in [0, 0.05) is 17.3 Å². The van der Waals surface area contributed by atoms with E-state index in [1.165, 1.54) is 28.7 Å². The molecular weight excluding hydrogens is 353 g/mol. The molecule has 1 N–H and O–H groups in total. The van der Waals surface area contributed by atoms with Crippen molar-refractivity contribution in [3.8, 4) is 0 Å². The number of aryl methyl sites for hydroxylation is 1. The van der Waals surface area contributed by atoms with E-state index in [0.717, 1.165) is 11.8 Å². The number of hydrogen-bond donors (Lipinski definition) is 1. The van der Waals surface area contributed by atoms with E-state index in [4.69, 9.17) is 4.74 Å². The highest BCUT2D eigenvalue weighted by Crippen LogP contribution is 2.05. The zero-order chi connectivity index (χ0) is 19.4. The predicted molar refractivity (Wildman–Crippen MR) is 94.7 cm³/mol. The van der Waals surface area contributed by atoms with Gasteiger partial charge in [-0.25, -0.2) is 9.37 Å². The van der Waals surface area contributed by atoms with Crippen LogP contribution < -0.4 is 10.9 Å². The Morgan fingerprint density at radius 2 is 1.96 bits per heavy atom. The van der Waals surface area contributed by atoms with Gasteiger partial charge in [-0.2, -0.15) is 0 Å². The molecule has 0 radical (unpaired) electrons. The summed E-state index contributed by atoms with van der Waals surface area (Å²) < 4.78 is 19.6. The van der Waals surface area contributed by atoms with Gasteiger partial charge in [-0.05, 0) is 37.3 Å². The van der Waals surface area contributed by atoms with Crippen molar-refractivity contribution in [1.29, 1.82) is 0 Å². The first-order chi connectivity index (χ1) is 12.9. The largest absolute Gasteiger partial charge is 0.458 e. The zero-order valence-electron chi connectivity index (χ0n) is 14.4. The van der Waals surface area contributed by atoms with Crippen molar-refractivity contribution >= 4 is 17.5 Å². The molecule has 138 valence electrons. The van der Waals surface area contributed by atoms with Crippen LogP contribution >= 0.6 is 0 Å². The minimum absolute atomic E-state index is 0.0994. The fourth-order valence-electron chi connectivity index (χ4n) is 2.53. The predicted octanol–water partition coefficient (Wildman–Crippen LogP) is 1.62. The number of fused-ring (bicyclic) bond motifs is 1. The van der Waals surface area contributed by atoms with Gasteiger partial charge in [0.15, 0.2) is 0 Å². The number of hydrogen-bond acceptors (Lipinski definition) is 5. The third-order valence-corrected chi connectivity index (χ3v) is 3.79. The summed E-state index contributed by atoms with van der Waals surface area (Å²) >= 11 is 0. The fraction of sp³-hybridized carbons (Fsp3) is 0.158. The number of benzene rings is 1. The van der Waals surface area contributed by atoms with Crippen molar-refractivity contribution < 1.29 is 18.7 Å². The normalized spacial score (nSPS) is 10.6. The molecule has 7 nitrogen and oxygen atoms in total. The summed E-state index contributed by atoms with van der Waals surface area (Å²) in [5, 5.41) is 2.34. The van der Waals surface area contributed by atoms with Gasteiger partial charge in [0.1, 0.15) is 24.6 Å². The molecule has 0 fully saturated rings. The second-order valence-corrected chi connectivity index (χ2v) is 5.80. The number of amides is 1. The van der Waals surface area contributed by atoms with Crippen LogP contribution in [0.3, 0.4) is 0 Å². The summed E-state index contributed by atoms with van der Waals surface area (Å²) in [5.74, 6) is -1.84. The number of carbonyl (C=O) groups excluding carboxylic acids is 2. The van der Waals surface area contributed by atoms with Crippen molar-refractivity contribution in [3.05, 3.63) is 81.7 Å². The monoisotopic (exact) mass is 369 g/mol. The Labute approximate surface area is 153 Å². The third kappa shape index (κ3) is 4.35. The van der Waals surface area contributed by atoms with E-state index in [-0.39, 0.29) is 24.3 Å². The van der Waals surface area contributed by atoms with Crippen molar-refractivity contribution in [3.63, 3.8) is 0 Å². The van der Waals surface area contributed by atoms with E-state index >= 15 is 0 Å². The van der Waals surface area contributed by atoms with Crippen LogP contribution in [-0.2, 0) is 16.1 Å². The van der Waals surface area contributed by atoms with Crippen LogP contribution in [0.25, 0.3) is 5.65 Å². The summed E-state index contributed by atoms with van der Waals surface area (Å²) in [5.41, 5.74) is 1.32. The number of ether oxygens (including phenoxy) is 1. The highest BCUT2D eigenvalue weighted by molar-refractivity contribution is 5.95. The Kier molecular flexibility index (Phi) is 5.25.